The lowest BCUT2D eigenvalue weighted by atomic mass is 10.1. The van der Waals surface area contributed by atoms with Gasteiger partial charge >= 0.3 is 6.03 Å². The van der Waals surface area contributed by atoms with Gasteiger partial charge in [0.2, 0.25) is 0 Å². The van der Waals surface area contributed by atoms with Gasteiger partial charge in [0.25, 0.3) is 0 Å². The first-order valence-corrected chi connectivity index (χ1v) is 8.89. The maximum atomic E-state index is 13.1. The van der Waals surface area contributed by atoms with Crippen molar-refractivity contribution in [3.8, 4) is 11.3 Å². The van der Waals surface area contributed by atoms with E-state index < -0.39 is 0 Å². The lowest BCUT2D eigenvalue weighted by Gasteiger charge is -2.27. The zero-order valence-electron chi connectivity index (χ0n) is 15.2. The number of amides is 2. The first kappa shape index (κ1) is 17.0. The molecule has 3 N–H and O–H groups in total. The monoisotopic (exact) mass is 363 g/mol. The minimum atomic E-state index is -0.228. The van der Waals surface area contributed by atoms with Gasteiger partial charge in [-0.15, -0.1) is 0 Å². The predicted octanol–water partition coefficient (Wildman–Crippen LogP) is 3.42. The van der Waals surface area contributed by atoms with Crippen molar-refractivity contribution >= 4 is 23.2 Å². The van der Waals surface area contributed by atoms with E-state index in [1.165, 1.54) is 0 Å². The highest BCUT2D eigenvalue weighted by atomic mass is 16.2. The van der Waals surface area contributed by atoms with Crippen molar-refractivity contribution in [2.24, 2.45) is 0 Å². The standard InChI is InChI=1S/C19H21N7O/c1-12-7-9-21-17-6-5-16(15-11-22-25-13(15)2)24-18(17)26(12)19(27)23-14-4-3-8-20-10-14/h3-6,8,10-12,21H,7,9H2,1-2H3,(H,22,25)(H,23,27)/t12-/m1/s1. The van der Waals surface area contributed by atoms with Crippen LogP contribution in [0.2, 0.25) is 0 Å². The molecular weight excluding hydrogens is 342 g/mol. The van der Waals surface area contributed by atoms with E-state index in [1.54, 1.807) is 29.6 Å². The lowest BCUT2D eigenvalue weighted by molar-refractivity contribution is 0.255. The van der Waals surface area contributed by atoms with Crippen molar-refractivity contribution < 1.29 is 4.79 Å². The van der Waals surface area contributed by atoms with Crippen LogP contribution in [0.4, 0.5) is 22.0 Å². The van der Waals surface area contributed by atoms with E-state index in [9.17, 15) is 4.79 Å². The number of urea groups is 1. The number of aryl methyl sites for hydroxylation is 1. The maximum absolute atomic E-state index is 13.1. The quantitative estimate of drug-likeness (QED) is 0.648. The number of nitrogens with zero attached hydrogens (tertiary/aromatic N) is 4. The number of rotatable bonds is 2. The van der Waals surface area contributed by atoms with Gasteiger partial charge in [0.15, 0.2) is 5.82 Å². The van der Waals surface area contributed by atoms with Gasteiger partial charge in [-0.2, -0.15) is 5.10 Å². The van der Waals surface area contributed by atoms with E-state index in [1.807, 2.05) is 32.0 Å². The minimum absolute atomic E-state index is 0.0105. The molecule has 0 saturated heterocycles. The van der Waals surface area contributed by atoms with Crippen LogP contribution in [-0.2, 0) is 0 Å². The predicted molar refractivity (Wildman–Crippen MR) is 105 cm³/mol. The van der Waals surface area contributed by atoms with E-state index in [2.05, 4.69) is 25.8 Å². The van der Waals surface area contributed by atoms with Crippen LogP contribution >= 0.6 is 0 Å². The second-order valence-electron chi connectivity index (χ2n) is 6.58. The molecule has 1 aliphatic rings. The summed E-state index contributed by atoms with van der Waals surface area (Å²) in [5.74, 6) is 0.611. The van der Waals surface area contributed by atoms with E-state index in [0.717, 1.165) is 35.6 Å². The summed E-state index contributed by atoms with van der Waals surface area (Å²) in [6.07, 6.45) is 5.86. The molecule has 4 heterocycles. The van der Waals surface area contributed by atoms with Crippen LogP contribution in [0.3, 0.4) is 0 Å². The Labute approximate surface area is 157 Å². The molecule has 0 fully saturated rings. The molecule has 8 nitrogen and oxygen atoms in total. The third-order valence-corrected chi connectivity index (χ3v) is 4.66. The number of hydrogen-bond acceptors (Lipinski definition) is 5. The van der Waals surface area contributed by atoms with Crippen molar-refractivity contribution in [1.29, 1.82) is 0 Å². The Morgan fingerprint density at radius 1 is 1.30 bits per heavy atom. The molecule has 0 spiro atoms. The summed E-state index contributed by atoms with van der Waals surface area (Å²) in [7, 11) is 0. The molecule has 3 aromatic rings. The number of carbonyl (C=O) groups excluding carboxylic acids is 1. The smallest absolute Gasteiger partial charge is 0.327 e. The number of aromatic amines is 1. The molecule has 8 heteroatoms. The normalized spacial score (nSPS) is 16.2. The Balaban J connectivity index is 1.73. The van der Waals surface area contributed by atoms with Crippen molar-refractivity contribution in [2.45, 2.75) is 26.3 Å². The third kappa shape index (κ3) is 3.33. The Hall–Kier alpha value is -3.42. The summed E-state index contributed by atoms with van der Waals surface area (Å²) < 4.78 is 0. The summed E-state index contributed by atoms with van der Waals surface area (Å²) in [6, 6.07) is 7.27. The van der Waals surface area contributed by atoms with Crippen molar-refractivity contribution in [3.63, 3.8) is 0 Å². The van der Waals surface area contributed by atoms with Crippen LogP contribution in [0.15, 0.2) is 42.9 Å². The summed E-state index contributed by atoms with van der Waals surface area (Å²) in [5.41, 5.74) is 4.11. The summed E-state index contributed by atoms with van der Waals surface area (Å²) >= 11 is 0. The van der Waals surface area contributed by atoms with E-state index in [4.69, 9.17) is 4.98 Å². The fourth-order valence-electron chi connectivity index (χ4n) is 3.20. The molecule has 0 radical (unpaired) electrons. The van der Waals surface area contributed by atoms with Crippen molar-refractivity contribution in [1.82, 2.24) is 20.2 Å². The van der Waals surface area contributed by atoms with Gasteiger partial charge in [0.05, 0.1) is 29.5 Å². The molecule has 0 bridgehead atoms. The van der Waals surface area contributed by atoms with Gasteiger partial charge in [-0.05, 0) is 44.5 Å². The molecule has 4 rings (SSSR count). The van der Waals surface area contributed by atoms with Gasteiger partial charge in [-0.25, -0.2) is 9.78 Å². The average molecular weight is 363 g/mol. The Bertz CT molecular complexity index is 954. The molecule has 1 atom stereocenters. The van der Waals surface area contributed by atoms with Gasteiger partial charge < -0.3 is 10.6 Å². The van der Waals surface area contributed by atoms with Crippen LogP contribution in [0.1, 0.15) is 19.0 Å². The van der Waals surface area contributed by atoms with Crippen LogP contribution in [0, 0.1) is 6.92 Å². The van der Waals surface area contributed by atoms with Gasteiger partial charge in [0, 0.05) is 30.0 Å². The highest BCUT2D eigenvalue weighted by molar-refractivity contribution is 6.03. The molecule has 138 valence electrons. The number of H-pyrrole nitrogens is 1. The molecule has 0 unspecified atom stereocenters. The topological polar surface area (TPSA) is 98.8 Å². The van der Waals surface area contributed by atoms with Crippen LogP contribution in [-0.4, -0.2) is 38.8 Å². The number of aromatic nitrogens is 4. The Kier molecular flexibility index (Phi) is 4.45. The average Bonchev–Trinajstić information content (AvgIpc) is 3.02. The van der Waals surface area contributed by atoms with Crippen LogP contribution < -0.4 is 15.5 Å². The van der Waals surface area contributed by atoms with E-state index in [0.29, 0.717) is 11.5 Å². The van der Waals surface area contributed by atoms with Crippen LogP contribution in [0.5, 0.6) is 0 Å². The fraction of sp³-hybridized carbons (Fsp3) is 0.263. The van der Waals surface area contributed by atoms with E-state index in [-0.39, 0.29) is 12.1 Å². The fourth-order valence-corrected chi connectivity index (χ4v) is 3.20. The SMILES string of the molecule is Cc1[nH]ncc1-c1ccc2c(n1)N(C(=O)Nc1cccnc1)[C@H](C)CCN2. The zero-order valence-corrected chi connectivity index (χ0v) is 15.2. The molecule has 3 aromatic heterocycles. The number of fused-ring (bicyclic) bond motifs is 1. The molecule has 27 heavy (non-hydrogen) atoms. The van der Waals surface area contributed by atoms with Gasteiger partial charge in [-0.3, -0.25) is 15.0 Å². The summed E-state index contributed by atoms with van der Waals surface area (Å²) in [4.78, 5) is 23.6. The molecular formula is C19H21N7O. The Morgan fingerprint density at radius 3 is 2.93 bits per heavy atom. The number of nitrogens with one attached hydrogen (secondary N) is 3. The number of hydrogen-bond donors (Lipinski definition) is 3. The second kappa shape index (κ2) is 7.06. The third-order valence-electron chi connectivity index (χ3n) is 4.66. The van der Waals surface area contributed by atoms with E-state index >= 15 is 0 Å². The largest absolute Gasteiger partial charge is 0.382 e. The molecule has 0 aliphatic carbocycles. The summed E-state index contributed by atoms with van der Waals surface area (Å²) in [5, 5.41) is 13.3. The highest BCUT2D eigenvalue weighted by Crippen LogP contribution is 2.33. The number of carbonyl (C=O) groups is 1. The zero-order chi connectivity index (χ0) is 18.8. The maximum Gasteiger partial charge on any atom is 0.327 e. The van der Waals surface area contributed by atoms with Crippen molar-refractivity contribution in [2.75, 3.05) is 22.1 Å². The first-order chi connectivity index (χ1) is 13.1. The first-order valence-electron chi connectivity index (χ1n) is 8.89. The second-order valence-corrected chi connectivity index (χ2v) is 6.58. The van der Waals surface area contributed by atoms with Gasteiger partial charge in [0.1, 0.15) is 0 Å². The van der Waals surface area contributed by atoms with Crippen molar-refractivity contribution in [3.05, 3.63) is 48.5 Å². The number of anilines is 3. The lowest BCUT2D eigenvalue weighted by Crippen LogP contribution is -2.42. The van der Waals surface area contributed by atoms with Crippen LogP contribution in [0.25, 0.3) is 11.3 Å². The Morgan fingerprint density at radius 2 is 2.19 bits per heavy atom. The highest BCUT2D eigenvalue weighted by Gasteiger charge is 2.29. The minimum Gasteiger partial charge on any atom is -0.382 e. The molecule has 0 saturated carbocycles. The molecule has 2 amide bonds. The molecule has 0 aromatic carbocycles. The summed E-state index contributed by atoms with van der Waals surface area (Å²) in [6.45, 7) is 4.75. The molecule has 1 aliphatic heterocycles. The van der Waals surface area contributed by atoms with Gasteiger partial charge in [-0.1, -0.05) is 0 Å². The number of pyridine rings is 2.